The molecule has 0 saturated heterocycles. The predicted octanol–water partition coefficient (Wildman–Crippen LogP) is 3.52. The van der Waals surface area contributed by atoms with Gasteiger partial charge < -0.3 is 5.11 Å². The van der Waals surface area contributed by atoms with Gasteiger partial charge in [-0.15, -0.1) is 0 Å². The first-order chi connectivity index (χ1) is 9.38. The lowest BCUT2D eigenvalue weighted by atomic mass is 10.0. The summed E-state index contributed by atoms with van der Waals surface area (Å²) in [5.41, 5.74) is 0.981. The molecule has 0 aliphatic carbocycles. The van der Waals surface area contributed by atoms with E-state index in [1.165, 1.54) is 16.3 Å². The summed E-state index contributed by atoms with van der Waals surface area (Å²) in [5.74, 6) is -0.792. The summed E-state index contributed by atoms with van der Waals surface area (Å²) in [7, 11) is 0. The summed E-state index contributed by atoms with van der Waals surface area (Å²) in [4.78, 5) is 13.1. The number of hydrogen-bond donors (Lipinski definition) is 1. The number of hydrogen-bond acceptors (Lipinski definition) is 2. The molecule has 0 atom stereocenters. The summed E-state index contributed by atoms with van der Waals surface area (Å²) >= 11 is 0. The standard InChI is InChI=1S/C17H21NO2/c1-17(2,3)18(12-16(19)20)11-14-9-6-8-13-7-4-5-10-15(13)14/h4-10H,11-12H2,1-3H3,(H,19,20). The quantitative estimate of drug-likeness (QED) is 0.925. The van der Waals surface area contributed by atoms with Crippen molar-refractivity contribution >= 4 is 16.7 Å². The molecule has 2 aromatic carbocycles. The summed E-state index contributed by atoms with van der Waals surface area (Å²) in [6.07, 6.45) is 0. The second kappa shape index (κ2) is 5.63. The molecule has 0 unspecified atom stereocenters. The number of rotatable bonds is 4. The zero-order valence-electron chi connectivity index (χ0n) is 12.3. The van der Waals surface area contributed by atoms with Crippen molar-refractivity contribution in [2.75, 3.05) is 6.54 Å². The van der Waals surface area contributed by atoms with Gasteiger partial charge in [-0.1, -0.05) is 42.5 Å². The Balaban J connectivity index is 2.36. The van der Waals surface area contributed by atoms with Crippen molar-refractivity contribution in [1.82, 2.24) is 4.90 Å². The van der Waals surface area contributed by atoms with Crippen molar-refractivity contribution in [3.63, 3.8) is 0 Å². The van der Waals surface area contributed by atoms with E-state index in [9.17, 15) is 4.79 Å². The molecule has 3 nitrogen and oxygen atoms in total. The molecule has 0 bridgehead atoms. The Hall–Kier alpha value is -1.87. The minimum atomic E-state index is -0.792. The first-order valence-electron chi connectivity index (χ1n) is 6.81. The van der Waals surface area contributed by atoms with E-state index in [-0.39, 0.29) is 12.1 Å². The Morgan fingerprint density at radius 2 is 1.75 bits per heavy atom. The second-order valence-electron chi connectivity index (χ2n) is 6.06. The molecule has 0 spiro atoms. The fourth-order valence-corrected chi connectivity index (χ4v) is 2.33. The van der Waals surface area contributed by atoms with Crippen LogP contribution in [0.5, 0.6) is 0 Å². The lowest BCUT2D eigenvalue weighted by Crippen LogP contribution is -2.43. The largest absolute Gasteiger partial charge is 0.480 e. The van der Waals surface area contributed by atoms with Crippen LogP contribution in [0.3, 0.4) is 0 Å². The molecule has 1 N–H and O–H groups in total. The Labute approximate surface area is 119 Å². The van der Waals surface area contributed by atoms with Gasteiger partial charge in [0, 0.05) is 12.1 Å². The third-order valence-electron chi connectivity index (χ3n) is 3.52. The first kappa shape index (κ1) is 14.5. The molecule has 0 aliphatic rings. The number of aliphatic carboxylic acids is 1. The molecule has 20 heavy (non-hydrogen) atoms. The zero-order valence-corrected chi connectivity index (χ0v) is 12.3. The van der Waals surface area contributed by atoms with E-state index < -0.39 is 5.97 Å². The molecule has 0 radical (unpaired) electrons. The minimum Gasteiger partial charge on any atom is -0.480 e. The lowest BCUT2D eigenvalue weighted by Gasteiger charge is -2.34. The summed E-state index contributed by atoms with van der Waals surface area (Å²) in [6, 6.07) is 14.4. The molecule has 2 rings (SSSR count). The van der Waals surface area contributed by atoms with E-state index in [1.807, 2.05) is 43.9 Å². The van der Waals surface area contributed by atoms with Crippen LogP contribution >= 0.6 is 0 Å². The van der Waals surface area contributed by atoms with Gasteiger partial charge >= 0.3 is 5.97 Å². The average Bonchev–Trinajstić information content (AvgIpc) is 2.37. The van der Waals surface area contributed by atoms with Crippen LogP contribution in [0.15, 0.2) is 42.5 Å². The molecule has 0 aliphatic heterocycles. The van der Waals surface area contributed by atoms with Crippen molar-refractivity contribution < 1.29 is 9.90 Å². The van der Waals surface area contributed by atoms with Crippen LogP contribution in [0.25, 0.3) is 10.8 Å². The SMILES string of the molecule is CC(C)(C)N(CC(=O)O)Cc1cccc2ccccc12. The van der Waals surface area contributed by atoms with Crippen LogP contribution < -0.4 is 0 Å². The molecule has 0 saturated carbocycles. The summed E-state index contributed by atoms with van der Waals surface area (Å²) < 4.78 is 0. The maximum Gasteiger partial charge on any atom is 0.317 e. The molecular formula is C17H21NO2. The number of carboxylic acids is 1. The average molecular weight is 271 g/mol. The van der Waals surface area contributed by atoms with E-state index in [4.69, 9.17) is 5.11 Å². The van der Waals surface area contributed by atoms with Crippen molar-refractivity contribution in [1.29, 1.82) is 0 Å². The van der Waals surface area contributed by atoms with Crippen LogP contribution in [0, 0.1) is 0 Å². The topological polar surface area (TPSA) is 40.5 Å². The van der Waals surface area contributed by atoms with Gasteiger partial charge in [-0.25, -0.2) is 0 Å². The molecule has 0 fully saturated rings. The van der Waals surface area contributed by atoms with Crippen LogP contribution in [0.1, 0.15) is 26.3 Å². The molecule has 2 aromatic rings. The summed E-state index contributed by atoms with van der Waals surface area (Å²) in [5, 5.41) is 11.5. The number of nitrogens with zero attached hydrogens (tertiary/aromatic N) is 1. The van der Waals surface area contributed by atoms with Crippen molar-refractivity contribution in [2.45, 2.75) is 32.9 Å². The van der Waals surface area contributed by atoms with Gasteiger partial charge in [0.15, 0.2) is 0 Å². The number of carboxylic acid groups (broad SMARTS) is 1. The molecule has 0 heterocycles. The van der Waals surface area contributed by atoms with Gasteiger partial charge in [-0.3, -0.25) is 9.69 Å². The second-order valence-corrected chi connectivity index (χ2v) is 6.06. The fraction of sp³-hybridized carbons (Fsp3) is 0.353. The van der Waals surface area contributed by atoms with E-state index in [0.717, 1.165) is 0 Å². The molecule has 0 aromatic heterocycles. The van der Waals surface area contributed by atoms with Gasteiger partial charge in [-0.2, -0.15) is 0 Å². The van der Waals surface area contributed by atoms with Crippen molar-refractivity contribution in [3.05, 3.63) is 48.0 Å². The zero-order chi connectivity index (χ0) is 14.8. The Morgan fingerprint density at radius 1 is 1.10 bits per heavy atom. The highest BCUT2D eigenvalue weighted by Gasteiger charge is 2.24. The monoisotopic (exact) mass is 271 g/mol. The van der Waals surface area contributed by atoms with E-state index in [0.29, 0.717) is 6.54 Å². The number of fused-ring (bicyclic) bond motifs is 1. The Morgan fingerprint density at radius 3 is 2.40 bits per heavy atom. The van der Waals surface area contributed by atoms with Crippen molar-refractivity contribution in [2.24, 2.45) is 0 Å². The van der Waals surface area contributed by atoms with Gasteiger partial charge in [0.25, 0.3) is 0 Å². The van der Waals surface area contributed by atoms with Crippen LogP contribution in [0.2, 0.25) is 0 Å². The summed E-state index contributed by atoms with van der Waals surface area (Å²) in [6.45, 7) is 6.81. The third kappa shape index (κ3) is 3.36. The molecular weight excluding hydrogens is 250 g/mol. The van der Waals surface area contributed by atoms with Crippen LogP contribution in [-0.4, -0.2) is 28.1 Å². The fourth-order valence-electron chi connectivity index (χ4n) is 2.33. The highest BCUT2D eigenvalue weighted by Crippen LogP contribution is 2.23. The first-order valence-corrected chi connectivity index (χ1v) is 6.81. The third-order valence-corrected chi connectivity index (χ3v) is 3.52. The number of benzene rings is 2. The molecule has 3 heteroatoms. The van der Waals surface area contributed by atoms with Crippen LogP contribution in [-0.2, 0) is 11.3 Å². The number of carbonyl (C=O) groups is 1. The highest BCUT2D eigenvalue weighted by molar-refractivity contribution is 5.85. The van der Waals surface area contributed by atoms with Gasteiger partial charge in [0.1, 0.15) is 0 Å². The molecule has 0 amide bonds. The Bertz CT molecular complexity index is 608. The van der Waals surface area contributed by atoms with Crippen LogP contribution in [0.4, 0.5) is 0 Å². The lowest BCUT2D eigenvalue weighted by molar-refractivity contribution is -0.139. The highest BCUT2D eigenvalue weighted by atomic mass is 16.4. The van der Waals surface area contributed by atoms with E-state index in [1.54, 1.807) is 0 Å². The van der Waals surface area contributed by atoms with Gasteiger partial charge in [0.05, 0.1) is 6.54 Å². The predicted molar refractivity (Wildman–Crippen MR) is 81.7 cm³/mol. The van der Waals surface area contributed by atoms with Crippen molar-refractivity contribution in [3.8, 4) is 0 Å². The maximum atomic E-state index is 11.1. The van der Waals surface area contributed by atoms with Gasteiger partial charge in [-0.05, 0) is 37.1 Å². The molecule has 106 valence electrons. The van der Waals surface area contributed by atoms with E-state index >= 15 is 0 Å². The van der Waals surface area contributed by atoms with E-state index in [2.05, 4.69) is 24.3 Å². The smallest absolute Gasteiger partial charge is 0.317 e. The Kier molecular flexibility index (Phi) is 4.09. The van der Waals surface area contributed by atoms with Gasteiger partial charge in [0.2, 0.25) is 0 Å². The minimum absolute atomic E-state index is 0.0483. The normalized spacial score (nSPS) is 12.0. The maximum absolute atomic E-state index is 11.1.